The van der Waals surface area contributed by atoms with Crippen LogP contribution < -0.4 is 0 Å². The molecule has 6 rings (SSSR count). The molecule has 2 aromatic carbocycles. The molecule has 2 fully saturated rings. The Morgan fingerprint density at radius 3 is 2.52 bits per heavy atom. The van der Waals surface area contributed by atoms with Crippen LogP contribution in [0.5, 0.6) is 0 Å². The molecule has 0 radical (unpaired) electrons. The van der Waals surface area contributed by atoms with Crippen LogP contribution in [0.1, 0.15) is 37.2 Å². The normalized spacial score (nSPS) is 24.4. The molecule has 2 aromatic heterocycles. The van der Waals surface area contributed by atoms with E-state index in [0.29, 0.717) is 5.92 Å². The van der Waals surface area contributed by atoms with Gasteiger partial charge in [-0.1, -0.05) is 35.5 Å². The highest BCUT2D eigenvalue weighted by molar-refractivity contribution is 5.91. The van der Waals surface area contributed by atoms with Gasteiger partial charge in [0.25, 0.3) is 0 Å². The van der Waals surface area contributed by atoms with E-state index in [1.807, 2.05) is 29.1 Å². The van der Waals surface area contributed by atoms with E-state index in [1.54, 1.807) is 0 Å². The van der Waals surface area contributed by atoms with Gasteiger partial charge in [-0.3, -0.25) is 5.10 Å². The molecule has 2 aliphatic rings. The van der Waals surface area contributed by atoms with Crippen molar-refractivity contribution < 1.29 is 0 Å². The molecular formula is C23H24N6. The third-order valence-corrected chi connectivity index (χ3v) is 6.93. The summed E-state index contributed by atoms with van der Waals surface area (Å²) in [4.78, 5) is 2.60. The van der Waals surface area contributed by atoms with Crippen LogP contribution in [0.4, 0.5) is 0 Å². The van der Waals surface area contributed by atoms with Crippen LogP contribution in [0, 0.1) is 0 Å². The van der Waals surface area contributed by atoms with Crippen molar-refractivity contribution in [2.45, 2.75) is 43.7 Å². The molecule has 6 nitrogen and oxygen atoms in total. The average molecular weight is 384 g/mol. The largest absolute Gasteiger partial charge is 0.300 e. The van der Waals surface area contributed by atoms with Gasteiger partial charge in [0.1, 0.15) is 11.4 Å². The van der Waals surface area contributed by atoms with Gasteiger partial charge in [0.2, 0.25) is 0 Å². The second kappa shape index (κ2) is 6.52. The summed E-state index contributed by atoms with van der Waals surface area (Å²) < 4.78 is 1.83. The van der Waals surface area contributed by atoms with Crippen LogP contribution in [-0.2, 0) is 0 Å². The van der Waals surface area contributed by atoms with Gasteiger partial charge in [0, 0.05) is 17.5 Å². The van der Waals surface area contributed by atoms with E-state index in [-0.39, 0.29) is 0 Å². The number of aromatic amines is 1. The van der Waals surface area contributed by atoms with Gasteiger partial charge in [0.15, 0.2) is 0 Å². The minimum Gasteiger partial charge on any atom is -0.300 e. The van der Waals surface area contributed by atoms with Gasteiger partial charge >= 0.3 is 0 Å². The van der Waals surface area contributed by atoms with Gasteiger partial charge in [-0.05, 0) is 62.4 Å². The molecule has 2 bridgehead atoms. The maximum absolute atomic E-state index is 4.43. The molecule has 0 spiro atoms. The molecule has 1 unspecified atom stereocenters. The van der Waals surface area contributed by atoms with Crippen molar-refractivity contribution in [1.29, 1.82) is 0 Å². The second-order valence-corrected chi connectivity index (χ2v) is 8.48. The lowest BCUT2D eigenvalue weighted by Crippen LogP contribution is -2.39. The first kappa shape index (κ1) is 16.9. The molecule has 0 amide bonds. The quantitative estimate of drug-likeness (QED) is 0.576. The zero-order valence-corrected chi connectivity index (χ0v) is 16.5. The third-order valence-electron chi connectivity index (χ3n) is 6.93. The van der Waals surface area contributed by atoms with Crippen molar-refractivity contribution in [1.82, 2.24) is 30.1 Å². The van der Waals surface area contributed by atoms with Crippen LogP contribution in [0.25, 0.3) is 28.0 Å². The molecule has 0 aliphatic carbocycles. The van der Waals surface area contributed by atoms with Crippen molar-refractivity contribution in [3.8, 4) is 17.1 Å². The summed E-state index contributed by atoms with van der Waals surface area (Å²) in [5.74, 6) is 0.680. The van der Waals surface area contributed by atoms with E-state index in [0.717, 1.165) is 40.1 Å². The summed E-state index contributed by atoms with van der Waals surface area (Å²) in [5.41, 5.74) is 5.11. The highest BCUT2D eigenvalue weighted by atomic mass is 15.4. The number of nitrogens with one attached hydrogen (secondary N) is 1. The predicted molar refractivity (Wildman–Crippen MR) is 113 cm³/mol. The Bertz CT molecular complexity index is 1140. The minimum atomic E-state index is 0.680. The van der Waals surface area contributed by atoms with Crippen LogP contribution in [0.15, 0.2) is 54.7 Å². The second-order valence-electron chi connectivity index (χ2n) is 8.48. The maximum Gasteiger partial charge on any atom is 0.134 e. The number of para-hydroxylation sites is 1. The Morgan fingerprint density at radius 2 is 1.72 bits per heavy atom. The standard InChI is InChI=1S/C23H24N6/c1-28-18-10-11-19(28)13-16(12-18)15-6-8-17(9-7-15)29-14-22(25-27-29)23-20-4-2-3-5-21(20)24-26-23/h2-9,14,16,18-19H,10-13H2,1H3,(H,24,26)/t16?,18-,19+. The molecule has 29 heavy (non-hydrogen) atoms. The lowest BCUT2D eigenvalue weighted by atomic mass is 9.85. The molecule has 2 aliphatic heterocycles. The van der Waals surface area contributed by atoms with E-state index >= 15 is 0 Å². The number of hydrogen-bond acceptors (Lipinski definition) is 4. The number of H-pyrrole nitrogens is 1. The topological polar surface area (TPSA) is 62.6 Å². The number of benzene rings is 2. The molecule has 4 heterocycles. The zero-order valence-electron chi connectivity index (χ0n) is 16.5. The predicted octanol–water partition coefficient (Wildman–Crippen LogP) is 4.15. The average Bonchev–Trinajstić information content (AvgIpc) is 3.44. The number of hydrogen-bond donors (Lipinski definition) is 1. The molecule has 6 heteroatoms. The number of aromatic nitrogens is 5. The van der Waals surface area contributed by atoms with Crippen molar-refractivity contribution in [3.05, 3.63) is 60.3 Å². The van der Waals surface area contributed by atoms with Crippen LogP contribution >= 0.6 is 0 Å². The fraction of sp³-hybridized carbons (Fsp3) is 0.348. The Kier molecular flexibility index (Phi) is 3.81. The summed E-state index contributed by atoms with van der Waals surface area (Å²) in [6, 6.07) is 18.5. The monoisotopic (exact) mass is 384 g/mol. The number of rotatable bonds is 3. The molecule has 146 valence electrons. The smallest absolute Gasteiger partial charge is 0.134 e. The zero-order chi connectivity index (χ0) is 19.4. The summed E-state index contributed by atoms with van der Waals surface area (Å²) >= 11 is 0. The Morgan fingerprint density at radius 1 is 0.966 bits per heavy atom. The number of piperidine rings is 1. The van der Waals surface area contributed by atoms with Gasteiger partial charge in [0.05, 0.1) is 17.4 Å². The number of nitrogens with zero attached hydrogens (tertiary/aromatic N) is 5. The van der Waals surface area contributed by atoms with E-state index < -0.39 is 0 Å². The van der Waals surface area contributed by atoms with Crippen molar-refractivity contribution >= 4 is 10.9 Å². The molecule has 4 aromatic rings. The maximum atomic E-state index is 4.43. The first-order valence-electron chi connectivity index (χ1n) is 10.4. The van der Waals surface area contributed by atoms with E-state index in [2.05, 4.69) is 62.8 Å². The fourth-order valence-electron chi connectivity index (χ4n) is 5.24. The van der Waals surface area contributed by atoms with Gasteiger partial charge < -0.3 is 4.90 Å². The Labute approximate surface area is 169 Å². The molecular weight excluding hydrogens is 360 g/mol. The minimum absolute atomic E-state index is 0.680. The van der Waals surface area contributed by atoms with E-state index in [9.17, 15) is 0 Å². The Balaban J connectivity index is 1.25. The highest BCUT2D eigenvalue weighted by Crippen LogP contribution is 2.42. The van der Waals surface area contributed by atoms with Crippen molar-refractivity contribution in [3.63, 3.8) is 0 Å². The molecule has 3 atom stereocenters. The highest BCUT2D eigenvalue weighted by Gasteiger charge is 2.38. The van der Waals surface area contributed by atoms with E-state index in [1.165, 1.54) is 31.2 Å². The van der Waals surface area contributed by atoms with Crippen LogP contribution in [0.3, 0.4) is 0 Å². The van der Waals surface area contributed by atoms with Gasteiger partial charge in [-0.2, -0.15) is 5.10 Å². The number of fused-ring (bicyclic) bond motifs is 3. The SMILES string of the molecule is CN1[C@@H]2CC[C@H]1CC(c1ccc(-n3cc(-c4n[nH]c5ccccc45)nn3)cc1)C2. The van der Waals surface area contributed by atoms with Crippen LogP contribution in [-0.4, -0.2) is 49.2 Å². The Hall–Kier alpha value is -2.99. The summed E-state index contributed by atoms with van der Waals surface area (Å²) in [6.45, 7) is 0. The lowest BCUT2D eigenvalue weighted by Gasteiger charge is -2.36. The van der Waals surface area contributed by atoms with Gasteiger partial charge in [-0.15, -0.1) is 5.10 Å². The summed E-state index contributed by atoms with van der Waals surface area (Å²) in [5, 5.41) is 17.3. The molecule has 1 N–H and O–H groups in total. The molecule has 0 saturated carbocycles. The van der Waals surface area contributed by atoms with Crippen molar-refractivity contribution in [2.24, 2.45) is 0 Å². The summed E-state index contributed by atoms with van der Waals surface area (Å²) in [6.07, 6.45) is 7.24. The fourth-order valence-corrected chi connectivity index (χ4v) is 5.24. The van der Waals surface area contributed by atoms with Gasteiger partial charge in [-0.25, -0.2) is 4.68 Å². The van der Waals surface area contributed by atoms with Crippen LogP contribution in [0.2, 0.25) is 0 Å². The van der Waals surface area contributed by atoms with Crippen molar-refractivity contribution in [2.75, 3.05) is 7.05 Å². The molecule has 2 saturated heterocycles. The first-order valence-corrected chi connectivity index (χ1v) is 10.4. The lowest BCUT2D eigenvalue weighted by molar-refractivity contribution is 0.161. The first-order chi connectivity index (χ1) is 14.3. The van der Waals surface area contributed by atoms with E-state index in [4.69, 9.17) is 0 Å². The summed E-state index contributed by atoms with van der Waals surface area (Å²) in [7, 11) is 2.30. The third kappa shape index (κ3) is 2.78.